The molecule has 0 fully saturated rings. The van der Waals surface area contributed by atoms with E-state index in [2.05, 4.69) is 5.32 Å². The standard InChI is InChI=1S/C20H16FN5O4/c1-12-13(2)25(15-5-3-14(21)4-6-15)20(17(12)9-22)23-18(27)11-24-10-16(26(29)30)7-8-19(24)28/h3-8,10H,11H2,1-2H3,(H,23,27). The molecule has 0 spiro atoms. The first kappa shape index (κ1) is 20.5. The Morgan fingerprint density at radius 1 is 1.23 bits per heavy atom. The zero-order chi connectivity index (χ0) is 22.0. The smallest absolute Gasteiger partial charge is 0.285 e. The molecule has 1 amide bonds. The van der Waals surface area contributed by atoms with Gasteiger partial charge in [0, 0.05) is 23.5 Å². The number of aromatic nitrogens is 2. The van der Waals surface area contributed by atoms with Crippen molar-refractivity contribution in [3.05, 3.63) is 85.7 Å². The highest BCUT2D eigenvalue weighted by Crippen LogP contribution is 2.30. The van der Waals surface area contributed by atoms with Crippen LogP contribution in [0.3, 0.4) is 0 Å². The Balaban J connectivity index is 2.00. The summed E-state index contributed by atoms with van der Waals surface area (Å²) in [7, 11) is 0. The predicted molar refractivity (Wildman–Crippen MR) is 106 cm³/mol. The number of halogens is 1. The molecule has 0 bridgehead atoms. The van der Waals surface area contributed by atoms with Crippen molar-refractivity contribution in [3.8, 4) is 11.8 Å². The van der Waals surface area contributed by atoms with E-state index in [0.29, 0.717) is 16.9 Å². The first-order valence-electron chi connectivity index (χ1n) is 8.75. The van der Waals surface area contributed by atoms with Crippen molar-refractivity contribution in [2.24, 2.45) is 0 Å². The SMILES string of the molecule is Cc1c(C#N)c(NC(=O)Cn2cc([N+](=O)[O-])ccc2=O)n(-c2ccc(F)cc2)c1C. The summed E-state index contributed by atoms with van der Waals surface area (Å²) < 4.78 is 15.8. The Morgan fingerprint density at radius 2 is 1.90 bits per heavy atom. The molecule has 0 aliphatic carbocycles. The Morgan fingerprint density at radius 3 is 2.50 bits per heavy atom. The van der Waals surface area contributed by atoms with Gasteiger partial charge in [0.05, 0.1) is 16.7 Å². The monoisotopic (exact) mass is 409 g/mol. The first-order valence-corrected chi connectivity index (χ1v) is 8.75. The highest BCUT2D eigenvalue weighted by molar-refractivity contribution is 5.92. The molecular weight excluding hydrogens is 393 g/mol. The van der Waals surface area contributed by atoms with Gasteiger partial charge in [-0.2, -0.15) is 5.26 Å². The molecule has 152 valence electrons. The van der Waals surface area contributed by atoms with E-state index in [9.17, 15) is 29.4 Å². The average Bonchev–Trinajstić information content (AvgIpc) is 2.93. The Bertz CT molecular complexity index is 1250. The number of rotatable bonds is 5. The van der Waals surface area contributed by atoms with Gasteiger partial charge in [-0.15, -0.1) is 0 Å². The summed E-state index contributed by atoms with van der Waals surface area (Å²) in [6.45, 7) is 2.98. The number of benzene rings is 1. The van der Waals surface area contributed by atoms with Crippen LogP contribution in [0.25, 0.3) is 5.69 Å². The maximum absolute atomic E-state index is 13.3. The van der Waals surface area contributed by atoms with Crippen LogP contribution in [0, 0.1) is 41.1 Å². The normalized spacial score (nSPS) is 10.5. The lowest BCUT2D eigenvalue weighted by molar-refractivity contribution is -0.385. The molecule has 30 heavy (non-hydrogen) atoms. The van der Waals surface area contributed by atoms with Gasteiger partial charge in [-0.05, 0) is 43.7 Å². The fourth-order valence-corrected chi connectivity index (χ4v) is 3.05. The molecule has 2 heterocycles. The zero-order valence-corrected chi connectivity index (χ0v) is 16.0. The van der Waals surface area contributed by atoms with Crippen LogP contribution in [-0.4, -0.2) is 20.0 Å². The van der Waals surface area contributed by atoms with Crippen LogP contribution in [-0.2, 0) is 11.3 Å². The molecule has 1 aromatic carbocycles. The van der Waals surface area contributed by atoms with E-state index in [1.165, 1.54) is 24.3 Å². The maximum Gasteiger partial charge on any atom is 0.285 e. The molecule has 1 N–H and O–H groups in total. The van der Waals surface area contributed by atoms with Gasteiger partial charge in [0.25, 0.3) is 11.2 Å². The maximum atomic E-state index is 13.3. The highest BCUT2D eigenvalue weighted by atomic mass is 19.1. The number of nitriles is 1. The first-order chi connectivity index (χ1) is 14.2. The van der Waals surface area contributed by atoms with Gasteiger partial charge in [-0.3, -0.25) is 28.8 Å². The Labute approximate surface area is 169 Å². The molecule has 0 aliphatic rings. The number of carbonyl (C=O) groups excluding carboxylic acids is 1. The number of amides is 1. The van der Waals surface area contributed by atoms with E-state index in [0.717, 1.165) is 22.9 Å². The predicted octanol–water partition coefficient (Wildman–Crippen LogP) is 2.81. The van der Waals surface area contributed by atoms with Crippen molar-refractivity contribution < 1.29 is 14.1 Å². The molecule has 9 nitrogen and oxygen atoms in total. The summed E-state index contributed by atoms with van der Waals surface area (Å²) >= 11 is 0. The van der Waals surface area contributed by atoms with E-state index in [4.69, 9.17) is 0 Å². The van der Waals surface area contributed by atoms with Crippen molar-refractivity contribution in [2.75, 3.05) is 5.32 Å². The zero-order valence-electron chi connectivity index (χ0n) is 16.0. The number of carbonyl (C=O) groups is 1. The third kappa shape index (κ3) is 3.81. The molecular formula is C20H16FN5O4. The lowest BCUT2D eigenvalue weighted by atomic mass is 10.2. The lowest BCUT2D eigenvalue weighted by Gasteiger charge is -2.13. The fraction of sp³-hybridized carbons (Fsp3) is 0.150. The third-order valence-electron chi connectivity index (χ3n) is 4.66. The molecule has 10 heteroatoms. The number of nitro groups is 1. The van der Waals surface area contributed by atoms with Crippen LogP contribution in [0.1, 0.15) is 16.8 Å². The van der Waals surface area contributed by atoms with E-state index in [1.807, 2.05) is 6.07 Å². The quantitative estimate of drug-likeness (QED) is 0.513. The van der Waals surface area contributed by atoms with Crippen LogP contribution in [0.2, 0.25) is 0 Å². The van der Waals surface area contributed by atoms with Gasteiger partial charge in [0.15, 0.2) is 0 Å². The summed E-state index contributed by atoms with van der Waals surface area (Å²) in [5.41, 5.74) is 1.13. The molecule has 0 radical (unpaired) electrons. The molecule has 0 saturated heterocycles. The molecule has 0 atom stereocenters. The summed E-state index contributed by atoms with van der Waals surface area (Å²) in [4.78, 5) is 34.8. The Kier molecular flexibility index (Phi) is 5.46. The second kappa shape index (κ2) is 8.00. The number of nitrogens with zero attached hydrogens (tertiary/aromatic N) is 4. The van der Waals surface area contributed by atoms with E-state index in [1.54, 1.807) is 18.4 Å². The summed E-state index contributed by atoms with van der Waals surface area (Å²) in [5.74, 6) is -0.922. The number of hydrogen-bond acceptors (Lipinski definition) is 5. The van der Waals surface area contributed by atoms with E-state index >= 15 is 0 Å². The van der Waals surface area contributed by atoms with Gasteiger partial charge >= 0.3 is 0 Å². The second-order valence-corrected chi connectivity index (χ2v) is 6.52. The van der Waals surface area contributed by atoms with Crippen LogP contribution < -0.4 is 10.9 Å². The van der Waals surface area contributed by atoms with Crippen molar-refractivity contribution in [1.82, 2.24) is 9.13 Å². The van der Waals surface area contributed by atoms with Crippen molar-refractivity contribution in [3.63, 3.8) is 0 Å². The Hall–Kier alpha value is -4.26. The summed E-state index contributed by atoms with van der Waals surface area (Å²) in [5, 5.41) is 23.1. The van der Waals surface area contributed by atoms with Gasteiger partial charge in [0.2, 0.25) is 5.91 Å². The molecule has 0 unspecified atom stereocenters. The van der Waals surface area contributed by atoms with E-state index in [-0.39, 0.29) is 17.1 Å². The summed E-state index contributed by atoms with van der Waals surface area (Å²) in [6, 6.07) is 9.61. The minimum absolute atomic E-state index is 0.169. The third-order valence-corrected chi connectivity index (χ3v) is 4.66. The molecule has 3 rings (SSSR count). The number of hydrogen-bond donors (Lipinski definition) is 1. The van der Waals surface area contributed by atoms with Crippen LogP contribution in [0.5, 0.6) is 0 Å². The topological polar surface area (TPSA) is 123 Å². The lowest BCUT2D eigenvalue weighted by Crippen LogP contribution is -2.27. The fourth-order valence-electron chi connectivity index (χ4n) is 3.05. The van der Waals surface area contributed by atoms with Gasteiger partial charge < -0.3 is 5.32 Å². The molecule has 3 aromatic rings. The van der Waals surface area contributed by atoms with Crippen molar-refractivity contribution in [1.29, 1.82) is 5.26 Å². The van der Waals surface area contributed by atoms with Crippen molar-refractivity contribution in [2.45, 2.75) is 20.4 Å². The van der Waals surface area contributed by atoms with Gasteiger partial charge in [-0.25, -0.2) is 4.39 Å². The van der Waals surface area contributed by atoms with Crippen LogP contribution in [0.4, 0.5) is 15.9 Å². The average molecular weight is 409 g/mol. The minimum Gasteiger partial charge on any atom is -0.309 e. The van der Waals surface area contributed by atoms with Crippen molar-refractivity contribution >= 4 is 17.4 Å². The molecule has 0 aliphatic heterocycles. The number of nitrogens with one attached hydrogen (secondary N) is 1. The summed E-state index contributed by atoms with van der Waals surface area (Å²) in [6.07, 6.45) is 0.975. The van der Waals surface area contributed by atoms with Crippen LogP contribution >= 0.6 is 0 Å². The number of anilines is 1. The van der Waals surface area contributed by atoms with Gasteiger partial charge in [-0.1, -0.05) is 0 Å². The van der Waals surface area contributed by atoms with Gasteiger partial charge in [0.1, 0.15) is 24.2 Å². The van der Waals surface area contributed by atoms with Crippen LogP contribution in [0.15, 0.2) is 47.4 Å². The minimum atomic E-state index is -0.673. The second-order valence-electron chi connectivity index (χ2n) is 6.52. The molecule has 2 aromatic heterocycles. The number of pyridine rings is 1. The largest absolute Gasteiger partial charge is 0.309 e. The highest BCUT2D eigenvalue weighted by Gasteiger charge is 2.21. The van der Waals surface area contributed by atoms with E-state index < -0.39 is 28.8 Å². The molecule has 0 saturated carbocycles.